The number of thiophene rings is 1. The summed E-state index contributed by atoms with van der Waals surface area (Å²) in [6.07, 6.45) is 1.27. The normalized spacial score (nSPS) is 18.6. The van der Waals surface area contributed by atoms with Crippen LogP contribution in [0.2, 0.25) is 0 Å². The lowest BCUT2D eigenvalue weighted by molar-refractivity contribution is 0.255. The van der Waals surface area contributed by atoms with E-state index < -0.39 is 0 Å². The highest BCUT2D eigenvalue weighted by atomic mass is 127. The topological polar surface area (TPSA) is 30.9 Å². The summed E-state index contributed by atoms with van der Waals surface area (Å²) in [5.74, 6) is 1.82. The number of halogens is 1. The molecule has 0 aromatic carbocycles. The van der Waals surface area contributed by atoms with Crippen molar-refractivity contribution >= 4 is 41.3 Å². The maximum atomic E-state index is 4.53. The van der Waals surface area contributed by atoms with E-state index in [2.05, 4.69) is 65.3 Å². The number of nitrogens with one attached hydrogen (secondary N) is 1. The molecule has 1 aliphatic rings. The minimum absolute atomic E-state index is 0. The van der Waals surface area contributed by atoms with Crippen molar-refractivity contribution in [1.82, 2.24) is 15.1 Å². The van der Waals surface area contributed by atoms with Crippen LogP contribution in [0.5, 0.6) is 0 Å². The molecule has 6 heteroatoms. The Balaban J connectivity index is 0.00000312. The number of hydrogen-bond acceptors (Lipinski definition) is 3. The van der Waals surface area contributed by atoms with Gasteiger partial charge < -0.3 is 15.1 Å². The third-order valence-corrected chi connectivity index (χ3v) is 6.32. The van der Waals surface area contributed by atoms with E-state index in [1.54, 1.807) is 0 Å². The lowest BCUT2D eigenvalue weighted by Crippen LogP contribution is -2.45. The van der Waals surface area contributed by atoms with Crippen LogP contribution in [0.3, 0.4) is 0 Å². The van der Waals surface area contributed by atoms with Crippen LogP contribution in [0.1, 0.15) is 39.0 Å². The van der Waals surface area contributed by atoms with Gasteiger partial charge in [0.2, 0.25) is 0 Å². The van der Waals surface area contributed by atoms with Crippen LogP contribution in [-0.4, -0.2) is 62.1 Å². The van der Waals surface area contributed by atoms with E-state index in [1.807, 2.05) is 18.4 Å². The van der Waals surface area contributed by atoms with E-state index in [-0.39, 0.29) is 29.4 Å². The Morgan fingerprint density at radius 1 is 1.40 bits per heavy atom. The van der Waals surface area contributed by atoms with Crippen molar-refractivity contribution in [3.8, 4) is 0 Å². The van der Waals surface area contributed by atoms with Crippen molar-refractivity contribution in [2.45, 2.75) is 39.5 Å². The third-order valence-electron chi connectivity index (χ3n) is 5.08. The fourth-order valence-electron chi connectivity index (χ4n) is 3.40. The number of hydrogen-bond donors (Lipinski definition) is 1. The Kier molecular flexibility index (Phi) is 9.74. The smallest absolute Gasteiger partial charge is 0.193 e. The molecular weight excluding hydrogens is 443 g/mol. The van der Waals surface area contributed by atoms with Gasteiger partial charge in [-0.2, -0.15) is 0 Å². The first-order valence-corrected chi connectivity index (χ1v) is 10.1. The summed E-state index contributed by atoms with van der Waals surface area (Å²) in [6.45, 7) is 15.8. The fourth-order valence-corrected chi connectivity index (χ4v) is 4.26. The number of rotatable bonds is 7. The van der Waals surface area contributed by atoms with Crippen molar-refractivity contribution in [2.24, 2.45) is 10.9 Å². The van der Waals surface area contributed by atoms with Gasteiger partial charge in [0.05, 0.1) is 0 Å². The Bertz CT molecular complexity index is 512. The van der Waals surface area contributed by atoms with Gasteiger partial charge in [-0.15, -0.1) is 35.3 Å². The number of nitrogens with zero attached hydrogens (tertiary/aromatic N) is 3. The second kappa shape index (κ2) is 10.7. The zero-order valence-corrected chi connectivity index (χ0v) is 19.6. The molecule has 1 saturated heterocycles. The minimum atomic E-state index is 0. The molecule has 1 atom stereocenters. The molecule has 1 aromatic heterocycles. The van der Waals surface area contributed by atoms with E-state index in [1.165, 1.54) is 17.8 Å². The zero-order chi connectivity index (χ0) is 17.6. The number of aliphatic imine (C=N–C) groups is 1. The number of guanidine groups is 1. The molecule has 1 unspecified atom stereocenters. The Morgan fingerprint density at radius 2 is 2.12 bits per heavy atom. The van der Waals surface area contributed by atoms with Gasteiger partial charge in [0.15, 0.2) is 5.96 Å². The summed E-state index contributed by atoms with van der Waals surface area (Å²) in [5, 5.41) is 5.77. The lowest BCUT2D eigenvalue weighted by atomic mass is 9.91. The predicted molar refractivity (Wildman–Crippen MR) is 122 cm³/mol. The maximum Gasteiger partial charge on any atom is 0.193 e. The highest BCUT2D eigenvalue weighted by Crippen LogP contribution is 2.27. The summed E-state index contributed by atoms with van der Waals surface area (Å²) in [6, 6.07) is 4.36. The second-order valence-electron chi connectivity index (χ2n) is 7.35. The van der Waals surface area contributed by atoms with E-state index >= 15 is 0 Å². The summed E-state index contributed by atoms with van der Waals surface area (Å²) < 4.78 is 0. The maximum absolute atomic E-state index is 4.53. The number of likely N-dealkylation sites (tertiary alicyclic amines) is 1. The van der Waals surface area contributed by atoms with E-state index in [4.69, 9.17) is 0 Å². The molecule has 0 aliphatic carbocycles. The lowest BCUT2D eigenvalue weighted by Gasteiger charge is -2.28. The highest BCUT2D eigenvalue weighted by Gasteiger charge is 2.28. The largest absolute Gasteiger partial charge is 0.355 e. The van der Waals surface area contributed by atoms with Gasteiger partial charge >= 0.3 is 0 Å². The SMILES string of the molecule is CCN(CC)CC1CCN(C(=NC)NCC(C)(C)c2cccs2)C1.I. The Labute approximate surface area is 175 Å². The zero-order valence-electron chi connectivity index (χ0n) is 16.4. The van der Waals surface area contributed by atoms with Crippen LogP contribution in [0, 0.1) is 5.92 Å². The summed E-state index contributed by atoms with van der Waals surface area (Å²) >= 11 is 1.83. The molecule has 1 aromatic rings. The summed E-state index contributed by atoms with van der Waals surface area (Å²) in [4.78, 5) is 10.9. The van der Waals surface area contributed by atoms with Crippen molar-refractivity contribution in [2.75, 3.05) is 46.3 Å². The molecule has 0 radical (unpaired) electrons. The van der Waals surface area contributed by atoms with Crippen LogP contribution in [0.25, 0.3) is 0 Å². The highest BCUT2D eigenvalue weighted by molar-refractivity contribution is 14.0. The standard InChI is InChI=1S/C19H34N4S.HI/c1-6-22(7-2)13-16-10-11-23(14-16)18(20-5)21-15-19(3,4)17-9-8-12-24-17;/h8-9,12,16H,6-7,10-11,13-15H2,1-5H3,(H,20,21);1H. The molecule has 2 rings (SSSR count). The van der Waals surface area contributed by atoms with E-state index in [9.17, 15) is 0 Å². The van der Waals surface area contributed by atoms with Crippen molar-refractivity contribution in [1.29, 1.82) is 0 Å². The van der Waals surface area contributed by atoms with E-state index in [0.717, 1.165) is 44.6 Å². The van der Waals surface area contributed by atoms with Gasteiger partial charge in [0.1, 0.15) is 0 Å². The van der Waals surface area contributed by atoms with Gasteiger partial charge in [-0.05, 0) is 36.9 Å². The molecule has 2 heterocycles. The first-order chi connectivity index (χ1) is 11.5. The average molecular weight is 478 g/mol. The molecule has 0 amide bonds. The van der Waals surface area contributed by atoms with Crippen LogP contribution in [0.4, 0.5) is 0 Å². The van der Waals surface area contributed by atoms with Crippen LogP contribution in [0.15, 0.2) is 22.5 Å². The molecule has 144 valence electrons. The van der Waals surface area contributed by atoms with Crippen molar-refractivity contribution in [3.05, 3.63) is 22.4 Å². The molecule has 0 saturated carbocycles. The van der Waals surface area contributed by atoms with Gasteiger partial charge in [0.25, 0.3) is 0 Å². The Hall–Kier alpha value is -0.340. The predicted octanol–water partition coefficient (Wildman–Crippen LogP) is 3.88. The van der Waals surface area contributed by atoms with Crippen LogP contribution >= 0.6 is 35.3 Å². The minimum Gasteiger partial charge on any atom is -0.355 e. The fraction of sp³-hybridized carbons (Fsp3) is 0.737. The van der Waals surface area contributed by atoms with Crippen LogP contribution in [-0.2, 0) is 5.41 Å². The van der Waals surface area contributed by atoms with Gasteiger partial charge in [-0.3, -0.25) is 4.99 Å². The Morgan fingerprint density at radius 3 is 2.68 bits per heavy atom. The molecule has 1 N–H and O–H groups in total. The van der Waals surface area contributed by atoms with Crippen molar-refractivity contribution in [3.63, 3.8) is 0 Å². The first kappa shape index (κ1) is 22.7. The van der Waals surface area contributed by atoms with Crippen molar-refractivity contribution < 1.29 is 0 Å². The third kappa shape index (κ3) is 6.40. The summed E-state index contributed by atoms with van der Waals surface area (Å²) in [7, 11) is 1.90. The van der Waals surface area contributed by atoms with E-state index in [0.29, 0.717) is 0 Å². The molecular formula is C19H35IN4S. The quantitative estimate of drug-likeness (QED) is 0.367. The summed E-state index contributed by atoms with van der Waals surface area (Å²) in [5.41, 5.74) is 0.129. The van der Waals surface area contributed by atoms with Gasteiger partial charge in [-0.1, -0.05) is 33.8 Å². The molecule has 1 aliphatic heterocycles. The molecule has 0 bridgehead atoms. The monoisotopic (exact) mass is 478 g/mol. The second-order valence-corrected chi connectivity index (χ2v) is 8.30. The average Bonchev–Trinajstić information content (AvgIpc) is 3.25. The molecule has 25 heavy (non-hydrogen) atoms. The molecule has 4 nitrogen and oxygen atoms in total. The van der Waals surface area contributed by atoms with Crippen LogP contribution < -0.4 is 5.32 Å². The van der Waals surface area contributed by atoms with Gasteiger partial charge in [0, 0.05) is 43.5 Å². The van der Waals surface area contributed by atoms with Gasteiger partial charge in [-0.25, -0.2) is 0 Å². The molecule has 1 fully saturated rings. The first-order valence-electron chi connectivity index (χ1n) is 9.22. The molecule has 0 spiro atoms.